The molecule has 3 heteroatoms. The van der Waals surface area contributed by atoms with Gasteiger partial charge in [-0.2, -0.15) is 0 Å². The molecule has 2 rings (SSSR count). The van der Waals surface area contributed by atoms with Gasteiger partial charge in [0, 0.05) is 11.4 Å². The first-order valence-electron chi connectivity index (χ1n) is 6.87. The highest BCUT2D eigenvalue weighted by molar-refractivity contribution is 7.84. The third kappa shape index (κ3) is 3.56. The van der Waals surface area contributed by atoms with Crippen molar-refractivity contribution in [2.24, 2.45) is 5.73 Å². The Morgan fingerprint density at radius 3 is 2.15 bits per heavy atom. The molecule has 0 saturated carbocycles. The average molecular weight is 287 g/mol. The fraction of sp³-hybridized carbons (Fsp3) is 0.294. The molecular weight excluding hydrogens is 266 g/mol. The third-order valence-electron chi connectivity index (χ3n) is 3.43. The normalized spacial score (nSPS) is 12.6. The van der Waals surface area contributed by atoms with E-state index in [0.717, 1.165) is 16.0 Å². The molecule has 0 bridgehead atoms. The monoisotopic (exact) mass is 287 g/mol. The quantitative estimate of drug-likeness (QED) is 0.913. The van der Waals surface area contributed by atoms with E-state index in [-0.39, 0.29) is 0 Å². The summed E-state index contributed by atoms with van der Waals surface area (Å²) < 4.78 is 12.4. The minimum Gasteiger partial charge on any atom is -0.326 e. The van der Waals surface area contributed by atoms with Crippen LogP contribution in [0.4, 0.5) is 0 Å². The van der Waals surface area contributed by atoms with Gasteiger partial charge in [0.15, 0.2) is 0 Å². The van der Waals surface area contributed by atoms with Crippen LogP contribution < -0.4 is 5.73 Å². The maximum Gasteiger partial charge on any atom is 0.0574 e. The number of hydrogen-bond donors (Lipinski definition) is 1. The van der Waals surface area contributed by atoms with Gasteiger partial charge in [-0.15, -0.1) is 0 Å². The van der Waals surface area contributed by atoms with Crippen molar-refractivity contribution in [2.75, 3.05) is 0 Å². The van der Waals surface area contributed by atoms with E-state index in [4.69, 9.17) is 5.73 Å². The molecule has 2 aromatic rings. The maximum atomic E-state index is 12.4. The van der Waals surface area contributed by atoms with E-state index in [2.05, 4.69) is 26.0 Å². The molecule has 0 aliphatic rings. The molecule has 0 heterocycles. The van der Waals surface area contributed by atoms with Crippen molar-refractivity contribution in [1.29, 1.82) is 0 Å². The summed E-state index contributed by atoms with van der Waals surface area (Å²) in [5.74, 6) is 1.02. The SMILES string of the molecule is CC(C)c1ccc(S(=O)Cc2ccccc2CN)cc1. The molecule has 0 fully saturated rings. The van der Waals surface area contributed by atoms with Gasteiger partial charge in [0.05, 0.1) is 16.6 Å². The summed E-state index contributed by atoms with van der Waals surface area (Å²) in [4.78, 5) is 0.876. The second-order valence-electron chi connectivity index (χ2n) is 5.19. The number of hydrogen-bond acceptors (Lipinski definition) is 2. The van der Waals surface area contributed by atoms with Crippen LogP contribution in [0.25, 0.3) is 0 Å². The number of nitrogens with two attached hydrogens (primary N) is 1. The lowest BCUT2D eigenvalue weighted by Gasteiger charge is -2.09. The van der Waals surface area contributed by atoms with Crippen LogP contribution in [-0.2, 0) is 23.1 Å². The highest BCUT2D eigenvalue weighted by atomic mass is 32.2. The molecule has 0 aliphatic carbocycles. The first-order valence-corrected chi connectivity index (χ1v) is 8.19. The maximum absolute atomic E-state index is 12.4. The third-order valence-corrected chi connectivity index (χ3v) is 4.81. The van der Waals surface area contributed by atoms with E-state index in [1.807, 2.05) is 36.4 Å². The van der Waals surface area contributed by atoms with Gasteiger partial charge >= 0.3 is 0 Å². The van der Waals surface area contributed by atoms with Crippen LogP contribution in [0.3, 0.4) is 0 Å². The molecule has 106 valence electrons. The molecule has 0 aliphatic heterocycles. The first kappa shape index (κ1) is 14.9. The van der Waals surface area contributed by atoms with E-state index in [1.54, 1.807) is 0 Å². The second-order valence-corrected chi connectivity index (χ2v) is 6.64. The Morgan fingerprint density at radius 2 is 1.60 bits per heavy atom. The minimum atomic E-state index is -1.02. The zero-order chi connectivity index (χ0) is 14.5. The van der Waals surface area contributed by atoms with Crippen molar-refractivity contribution in [2.45, 2.75) is 37.0 Å². The van der Waals surface area contributed by atoms with Crippen molar-refractivity contribution in [3.05, 3.63) is 65.2 Å². The summed E-state index contributed by atoms with van der Waals surface area (Å²) in [6.45, 7) is 4.80. The van der Waals surface area contributed by atoms with Crippen molar-refractivity contribution in [1.82, 2.24) is 0 Å². The largest absolute Gasteiger partial charge is 0.326 e. The van der Waals surface area contributed by atoms with Crippen molar-refractivity contribution in [3.63, 3.8) is 0 Å². The summed E-state index contributed by atoms with van der Waals surface area (Å²) in [6, 6.07) is 16.0. The second kappa shape index (κ2) is 6.82. The summed E-state index contributed by atoms with van der Waals surface area (Å²) in [7, 11) is -1.02. The van der Waals surface area contributed by atoms with Crippen LogP contribution in [0.15, 0.2) is 53.4 Å². The molecular formula is C17H21NOS. The van der Waals surface area contributed by atoms with Crippen molar-refractivity contribution >= 4 is 10.8 Å². The number of benzene rings is 2. The van der Waals surface area contributed by atoms with Crippen LogP contribution in [0, 0.1) is 0 Å². The Kier molecular flexibility index (Phi) is 5.10. The molecule has 0 spiro atoms. The molecule has 1 atom stereocenters. The smallest absolute Gasteiger partial charge is 0.0574 e. The summed E-state index contributed by atoms with van der Waals surface area (Å²) in [5, 5.41) is 0. The van der Waals surface area contributed by atoms with Gasteiger partial charge < -0.3 is 5.73 Å². The topological polar surface area (TPSA) is 43.1 Å². The van der Waals surface area contributed by atoms with Gasteiger partial charge in [-0.25, -0.2) is 0 Å². The van der Waals surface area contributed by atoms with Crippen LogP contribution in [0.1, 0.15) is 36.5 Å². The molecule has 2 N–H and O–H groups in total. The standard InChI is InChI=1S/C17H21NOS/c1-13(2)14-7-9-17(10-8-14)20(19)12-16-6-4-3-5-15(16)11-18/h3-10,13H,11-12,18H2,1-2H3. The van der Waals surface area contributed by atoms with Gasteiger partial charge in [-0.05, 0) is 34.7 Å². The highest BCUT2D eigenvalue weighted by Gasteiger charge is 2.08. The highest BCUT2D eigenvalue weighted by Crippen LogP contribution is 2.19. The van der Waals surface area contributed by atoms with E-state index >= 15 is 0 Å². The molecule has 2 nitrogen and oxygen atoms in total. The summed E-state index contributed by atoms with van der Waals surface area (Å²) >= 11 is 0. The van der Waals surface area contributed by atoms with E-state index in [0.29, 0.717) is 18.2 Å². The van der Waals surface area contributed by atoms with E-state index in [9.17, 15) is 4.21 Å². The predicted molar refractivity (Wildman–Crippen MR) is 85.0 cm³/mol. The van der Waals surface area contributed by atoms with Gasteiger partial charge in [0.25, 0.3) is 0 Å². The Morgan fingerprint density at radius 1 is 1.00 bits per heavy atom. The zero-order valence-electron chi connectivity index (χ0n) is 12.0. The molecule has 2 aromatic carbocycles. The van der Waals surface area contributed by atoms with Crippen LogP contribution in [-0.4, -0.2) is 4.21 Å². The lowest BCUT2D eigenvalue weighted by molar-refractivity contribution is 0.682. The van der Waals surface area contributed by atoms with E-state index in [1.165, 1.54) is 5.56 Å². The molecule has 1 unspecified atom stereocenters. The van der Waals surface area contributed by atoms with Crippen LogP contribution >= 0.6 is 0 Å². The molecule has 0 saturated heterocycles. The summed E-state index contributed by atoms with van der Waals surface area (Å²) in [5.41, 5.74) is 9.13. The van der Waals surface area contributed by atoms with Crippen LogP contribution in [0.2, 0.25) is 0 Å². The molecule has 0 amide bonds. The Bertz CT molecular complexity index is 590. The van der Waals surface area contributed by atoms with Gasteiger partial charge in [-0.3, -0.25) is 4.21 Å². The molecule has 0 radical (unpaired) electrons. The average Bonchev–Trinajstić information content (AvgIpc) is 2.48. The van der Waals surface area contributed by atoms with Crippen molar-refractivity contribution in [3.8, 4) is 0 Å². The van der Waals surface area contributed by atoms with Gasteiger partial charge in [0.2, 0.25) is 0 Å². The van der Waals surface area contributed by atoms with Crippen LogP contribution in [0.5, 0.6) is 0 Å². The zero-order valence-corrected chi connectivity index (χ0v) is 12.8. The fourth-order valence-electron chi connectivity index (χ4n) is 2.13. The lowest BCUT2D eigenvalue weighted by Crippen LogP contribution is -2.04. The van der Waals surface area contributed by atoms with Gasteiger partial charge in [0.1, 0.15) is 0 Å². The molecule has 20 heavy (non-hydrogen) atoms. The predicted octanol–water partition coefficient (Wildman–Crippen LogP) is 3.58. The number of rotatable bonds is 5. The fourth-order valence-corrected chi connectivity index (χ4v) is 3.30. The first-order chi connectivity index (χ1) is 9.61. The Labute approximate surface area is 123 Å². The molecule has 0 aromatic heterocycles. The van der Waals surface area contributed by atoms with E-state index < -0.39 is 10.8 Å². The van der Waals surface area contributed by atoms with Crippen molar-refractivity contribution < 1.29 is 4.21 Å². The minimum absolute atomic E-state index is 0.486. The summed E-state index contributed by atoms with van der Waals surface area (Å²) in [6.07, 6.45) is 0. The lowest BCUT2D eigenvalue weighted by atomic mass is 10.0. The Hall–Kier alpha value is -1.45. The van der Waals surface area contributed by atoms with Gasteiger partial charge in [-0.1, -0.05) is 50.2 Å². The Balaban J connectivity index is 2.15.